The molecular weight excluding hydrogens is 927 g/mol. The maximum Gasteiger partial charge on any atom is 0.426 e. The highest BCUT2D eigenvalue weighted by Gasteiger charge is 2.36. The second-order valence-electron chi connectivity index (χ2n) is 15.9. The van der Waals surface area contributed by atoms with Crippen molar-refractivity contribution in [2.45, 2.75) is 81.9 Å². The normalized spacial score (nSPS) is 12.4. The minimum atomic E-state index is -4.25. The molecule has 0 bridgehead atoms. The van der Waals surface area contributed by atoms with Gasteiger partial charge in [-0.15, -0.1) is 0 Å². The van der Waals surface area contributed by atoms with E-state index < -0.39 is 66.4 Å². The molecular formula is C51H48F10N2O6. The van der Waals surface area contributed by atoms with Crippen LogP contribution >= 0.6 is 0 Å². The van der Waals surface area contributed by atoms with Crippen LogP contribution in [0.25, 0.3) is 12.2 Å². The molecule has 5 rings (SSSR count). The summed E-state index contributed by atoms with van der Waals surface area (Å²) in [5.41, 5.74) is 14.3. The Morgan fingerprint density at radius 3 is 1.26 bits per heavy atom. The fraction of sp³-hybridized carbons (Fsp3) is 0.294. The summed E-state index contributed by atoms with van der Waals surface area (Å²) in [7, 11) is 0. The molecule has 0 saturated heterocycles. The van der Waals surface area contributed by atoms with Crippen LogP contribution in [0.4, 0.5) is 55.3 Å². The number of carbonyl (C=O) groups is 2. The van der Waals surface area contributed by atoms with E-state index in [0.717, 1.165) is 36.4 Å². The topological polar surface area (TPSA) is 123 Å². The summed E-state index contributed by atoms with van der Waals surface area (Å²) in [6.07, 6.45) is -11.8. The van der Waals surface area contributed by atoms with E-state index in [-0.39, 0.29) is 56.1 Å². The SMILES string of the molecule is Nc1ccc(C(COC(=O)/C=C/c2ccc(OC(F)(F)c3ccc(CCCCC(F)(F)F)cc3)cc2)COC(=O)/C=C/c2ccc(OC(F)(F)c3ccc(CCCCC(F)(F)F)cc3)cc2)c(N)c1. The highest BCUT2D eigenvalue weighted by Crippen LogP contribution is 2.34. The number of ether oxygens (including phenoxy) is 4. The van der Waals surface area contributed by atoms with Crippen LogP contribution in [0.1, 0.15) is 83.4 Å². The average molecular weight is 975 g/mol. The number of aryl methyl sites for hydroxylation is 2. The van der Waals surface area contributed by atoms with Crippen LogP contribution in [-0.4, -0.2) is 37.5 Å². The Kier molecular flexibility index (Phi) is 18.3. The van der Waals surface area contributed by atoms with Gasteiger partial charge in [-0.05, 0) is 139 Å². The van der Waals surface area contributed by atoms with Crippen LogP contribution in [0, 0.1) is 0 Å². The van der Waals surface area contributed by atoms with Crippen molar-refractivity contribution in [3.63, 3.8) is 0 Å². The van der Waals surface area contributed by atoms with Crippen molar-refractivity contribution in [1.29, 1.82) is 0 Å². The molecule has 8 nitrogen and oxygen atoms in total. The van der Waals surface area contributed by atoms with E-state index in [1.807, 2.05) is 0 Å². The van der Waals surface area contributed by atoms with Gasteiger partial charge >= 0.3 is 36.5 Å². The molecule has 18 heteroatoms. The van der Waals surface area contributed by atoms with Crippen LogP contribution in [-0.2, 0) is 44.1 Å². The van der Waals surface area contributed by atoms with Gasteiger partial charge in [-0.3, -0.25) is 0 Å². The molecule has 0 radical (unpaired) electrons. The van der Waals surface area contributed by atoms with E-state index in [0.29, 0.717) is 46.3 Å². The summed E-state index contributed by atoms with van der Waals surface area (Å²) in [5.74, 6) is -2.71. The Morgan fingerprint density at radius 1 is 0.507 bits per heavy atom. The van der Waals surface area contributed by atoms with Crippen molar-refractivity contribution in [3.05, 3.63) is 166 Å². The van der Waals surface area contributed by atoms with Crippen molar-refractivity contribution >= 4 is 35.5 Å². The fourth-order valence-corrected chi connectivity index (χ4v) is 6.73. The molecule has 0 aliphatic heterocycles. The van der Waals surface area contributed by atoms with E-state index >= 15 is 0 Å². The van der Waals surface area contributed by atoms with Gasteiger partial charge in [0, 0.05) is 36.4 Å². The van der Waals surface area contributed by atoms with Crippen LogP contribution in [0.5, 0.6) is 11.5 Å². The number of benzene rings is 5. The summed E-state index contributed by atoms with van der Waals surface area (Å²) < 4.78 is 155. The zero-order valence-corrected chi connectivity index (χ0v) is 36.8. The summed E-state index contributed by atoms with van der Waals surface area (Å²) in [6, 6.07) is 25.7. The molecule has 0 atom stereocenters. The predicted octanol–water partition coefficient (Wildman–Crippen LogP) is 13.3. The first kappa shape index (κ1) is 53.0. The lowest BCUT2D eigenvalue weighted by molar-refractivity contribution is -0.186. The largest absolute Gasteiger partial charge is 0.462 e. The molecule has 0 aromatic heterocycles. The third-order valence-corrected chi connectivity index (χ3v) is 10.4. The minimum Gasteiger partial charge on any atom is -0.462 e. The third kappa shape index (κ3) is 18.2. The second-order valence-corrected chi connectivity index (χ2v) is 15.9. The molecule has 69 heavy (non-hydrogen) atoms. The lowest BCUT2D eigenvalue weighted by atomic mass is 9.98. The monoisotopic (exact) mass is 974 g/mol. The highest BCUT2D eigenvalue weighted by atomic mass is 19.4. The molecule has 0 amide bonds. The Morgan fingerprint density at radius 2 is 0.899 bits per heavy atom. The number of halogens is 10. The van der Waals surface area contributed by atoms with Crippen molar-refractivity contribution in [3.8, 4) is 11.5 Å². The number of nitrogens with two attached hydrogens (primary N) is 2. The van der Waals surface area contributed by atoms with Crippen LogP contribution in [0.3, 0.4) is 0 Å². The lowest BCUT2D eigenvalue weighted by Crippen LogP contribution is -2.21. The van der Waals surface area contributed by atoms with Gasteiger partial charge in [0.1, 0.15) is 24.7 Å². The Hall–Kier alpha value is -6.98. The molecule has 0 heterocycles. The quantitative estimate of drug-likeness (QED) is 0.0218. The number of hydrogen-bond acceptors (Lipinski definition) is 8. The third-order valence-electron chi connectivity index (χ3n) is 10.4. The van der Waals surface area contributed by atoms with Gasteiger partial charge in [0.25, 0.3) is 0 Å². The Balaban J connectivity index is 1.09. The number of anilines is 2. The second kappa shape index (κ2) is 23.8. The zero-order valence-electron chi connectivity index (χ0n) is 36.8. The summed E-state index contributed by atoms with van der Waals surface area (Å²) in [4.78, 5) is 25.5. The molecule has 0 unspecified atom stereocenters. The van der Waals surface area contributed by atoms with Gasteiger partial charge in [0.15, 0.2) is 0 Å². The van der Waals surface area contributed by atoms with E-state index in [2.05, 4.69) is 0 Å². The van der Waals surface area contributed by atoms with Gasteiger partial charge < -0.3 is 30.4 Å². The smallest absolute Gasteiger partial charge is 0.426 e. The van der Waals surface area contributed by atoms with Crippen LogP contribution < -0.4 is 20.9 Å². The first-order valence-electron chi connectivity index (χ1n) is 21.5. The first-order chi connectivity index (χ1) is 32.5. The summed E-state index contributed by atoms with van der Waals surface area (Å²) in [5, 5.41) is 0. The average Bonchev–Trinajstić information content (AvgIpc) is 3.28. The van der Waals surface area contributed by atoms with Crippen molar-refractivity contribution in [2.24, 2.45) is 0 Å². The molecule has 5 aromatic rings. The molecule has 0 fully saturated rings. The number of hydrogen-bond donors (Lipinski definition) is 2. The summed E-state index contributed by atoms with van der Waals surface area (Å²) >= 11 is 0. The van der Waals surface area contributed by atoms with Gasteiger partial charge in [-0.1, -0.05) is 54.6 Å². The zero-order chi connectivity index (χ0) is 50.2. The molecule has 0 aliphatic carbocycles. The Bertz CT molecular complexity index is 2340. The van der Waals surface area contributed by atoms with Crippen molar-refractivity contribution in [2.75, 3.05) is 24.7 Å². The number of carbonyl (C=O) groups excluding carboxylic acids is 2. The van der Waals surface area contributed by atoms with Gasteiger partial charge in [0.2, 0.25) is 0 Å². The number of nitrogen functional groups attached to an aromatic ring is 2. The van der Waals surface area contributed by atoms with E-state index in [4.69, 9.17) is 30.4 Å². The maximum absolute atomic E-state index is 14.9. The predicted molar refractivity (Wildman–Crippen MR) is 240 cm³/mol. The van der Waals surface area contributed by atoms with E-state index in [9.17, 15) is 53.5 Å². The van der Waals surface area contributed by atoms with Crippen molar-refractivity contribution < 1.29 is 72.4 Å². The molecule has 4 N–H and O–H groups in total. The van der Waals surface area contributed by atoms with Gasteiger partial charge in [-0.2, -0.15) is 43.9 Å². The molecule has 368 valence electrons. The molecule has 5 aromatic carbocycles. The van der Waals surface area contributed by atoms with Crippen LogP contribution in [0.2, 0.25) is 0 Å². The standard InChI is InChI=1S/C51H48F10N2O6/c52-48(53,54)29-3-1-5-34-7-17-39(18-8-34)50(58,59)68-42-22-11-36(12-23-42)15-27-46(64)66-32-38(44-26-21-41(62)31-45(44)63)33-67-47(65)28-16-37-13-24-43(25-14-37)69-51(60,61)40-19-9-35(10-20-40)6-2-4-30-49(55,56)57/h7-28,31,38H,1-6,29-30,32-33,62-63H2/b27-15+,28-16+. The molecule has 0 saturated carbocycles. The molecule has 0 aliphatic rings. The maximum atomic E-state index is 14.9. The number of rotatable bonds is 23. The fourth-order valence-electron chi connectivity index (χ4n) is 6.73. The van der Waals surface area contributed by atoms with Crippen molar-refractivity contribution in [1.82, 2.24) is 0 Å². The van der Waals surface area contributed by atoms with Crippen LogP contribution in [0.15, 0.2) is 127 Å². The lowest BCUT2D eigenvalue weighted by Gasteiger charge is -2.19. The first-order valence-corrected chi connectivity index (χ1v) is 21.5. The molecule has 0 spiro atoms. The number of alkyl halides is 10. The van der Waals surface area contributed by atoms with Gasteiger partial charge in [-0.25, -0.2) is 9.59 Å². The van der Waals surface area contributed by atoms with E-state index in [1.54, 1.807) is 12.1 Å². The Labute approximate surface area is 391 Å². The van der Waals surface area contributed by atoms with E-state index in [1.165, 1.54) is 91.0 Å². The number of esters is 2. The minimum absolute atomic E-state index is 0.0667. The summed E-state index contributed by atoms with van der Waals surface area (Å²) in [6.45, 7) is -0.590. The highest BCUT2D eigenvalue weighted by molar-refractivity contribution is 5.87. The van der Waals surface area contributed by atoms with Gasteiger partial charge in [0.05, 0.1) is 17.0 Å². The number of unbranched alkanes of at least 4 members (excludes halogenated alkanes) is 2.